The van der Waals surface area contributed by atoms with Crippen LogP contribution in [0.1, 0.15) is 75.4 Å². The van der Waals surface area contributed by atoms with Crippen molar-refractivity contribution in [2.24, 2.45) is 11.8 Å². The zero-order valence-corrected chi connectivity index (χ0v) is 32.3. The molecule has 0 unspecified atom stereocenters. The van der Waals surface area contributed by atoms with Crippen LogP contribution in [-0.2, 0) is 15.5 Å². The number of H-pyrrole nitrogens is 2. The number of halogens is 5. The summed E-state index contributed by atoms with van der Waals surface area (Å²) >= 11 is 0. The van der Waals surface area contributed by atoms with Gasteiger partial charge in [0.05, 0.1) is 42.1 Å². The van der Waals surface area contributed by atoms with Crippen molar-refractivity contribution in [1.29, 1.82) is 0 Å². The third-order valence-corrected chi connectivity index (χ3v) is 9.80. The second-order valence-electron chi connectivity index (χ2n) is 13.9. The number of carbonyl (C=O) groups excluding carboxylic acids is 2. The average Bonchev–Trinajstić information content (AvgIpc) is 3.91. The van der Waals surface area contributed by atoms with Crippen LogP contribution in [0.15, 0.2) is 60.8 Å². The molecule has 0 saturated carbocycles. The molecule has 1 saturated heterocycles. The molecule has 284 valence electrons. The zero-order valence-electron chi connectivity index (χ0n) is 29.9. The van der Waals surface area contributed by atoms with Crippen LogP contribution < -0.4 is 16.0 Å². The number of methoxy groups -OCH3 is 1. The number of carbonyl (C=O) groups is 2. The Morgan fingerprint density at radius 2 is 1.51 bits per heavy atom. The molecule has 1 fully saturated rings. The number of nitrogens with one attached hydrogen (secondary N) is 5. The monoisotopic (exact) mass is 789 g/mol. The van der Waals surface area contributed by atoms with Gasteiger partial charge in [0.15, 0.2) is 0 Å². The summed E-state index contributed by atoms with van der Waals surface area (Å²) in [6.45, 7) is 8.49. The van der Waals surface area contributed by atoms with Gasteiger partial charge in [-0.05, 0) is 77.7 Å². The number of amides is 2. The highest BCUT2D eigenvalue weighted by Crippen LogP contribution is 2.52. The maximum absolute atomic E-state index is 16.3. The summed E-state index contributed by atoms with van der Waals surface area (Å²) < 4.78 is 37.2. The van der Waals surface area contributed by atoms with Gasteiger partial charge in [0.1, 0.15) is 17.7 Å². The van der Waals surface area contributed by atoms with Gasteiger partial charge < -0.3 is 30.7 Å². The zero-order chi connectivity index (χ0) is 35.3. The van der Waals surface area contributed by atoms with Crippen LogP contribution in [0, 0.1) is 11.8 Å². The van der Waals surface area contributed by atoms with Gasteiger partial charge in [-0.15, -0.1) is 37.2 Å². The second kappa shape index (κ2) is 16.4. The number of alkyl carbamates (subject to hydrolysis) is 1. The van der Waals surface area contributed by atoms with Gasteiger partial charge in [0.25, 0.3) is 5.92 Å². The topological polar surface area (TPSA) is 137 Å². The van der Waals surface area contributed by atoms with Gasteiger partial charge in [-0.3, -0.25) is 4.79 Å². The van der Waals surface area contributed by atoms with E-state index in [0.717, 1.165) is 41.8 Å². The Bertz CT molecular complexity index is 2100. The maximum atomic E-state index is 16.3. The summed E-state index contributed by atoms with van der Waals surface area (Å²) in [6, 6.07) is 15.0. The number of fused-ring (bicyclic) bond motifs is 4. The predicted molar refractivity (Wildman–Crippen MR) is 209 cm³/mol. The summed E-state index contributed by atoms with van der Waals surface area (Å²) in [6.07, 6.45) is 3.03. The number of hydrogen-bond acceptors (Lipinski definition) is 6. The summed E-state index contributed by atoms with van der Waals surface area (Å²) in [7, 11) is 1.24. The van der Waals surface area contributed by atoms with Crippen LogP contribution >= 0.6 is 37.2 Å². The SMILES string of the molecule is COC(=O)N[C@H](C(=O)N[C@H](c1ncc(-c2ccc3c(c2)C(F)(F)c2cc(-c4ccc5nc([C@@H]6CCCN6)[nH]c5c4)ccc2-3)[nH]1)C(C)C)C(C)C.Cl.Cl.Cl. The molecule has 0 spiro atoms. The molecular weight excluding hydrogens is 747 g/mol. The Morgan fingerprint density at radius 3 is 2.13 bits per heavy atom. The lowest BCUT2D eigenvalue weighted by atomic mass is 9.98. The molecule has 15 heteroatoms. The van der Waals surface area contributed by atoms with Crippen molar-refractivity contribution < 1.29 is 23.1 Å². The lowest BCUT2D eigenvalue weighted by Crippen LogP contribution is -2.51. The average molecular weight is 791 g/mol. The first-order chi connectivity index (χ1) is 23.9. The van der Waals surface area contributed by atoms with Crippen molar-refractivity contribution in [3.8, 4) is 33.5 Å². The van der Waals surface area contributed by atoms with Crippen molar-refractivity contribution in [2.45, 2.75) is 64.6 Å². The molecular formula is C38H44Cl3F2N7O3. The molecule has 1 aliphatic carbocycles. The minimum atomic E-state index is -3.22. The fourth-order valence-electron chi connectivity index (χ4n) is 7.02. The van der Waals surface area contributed by atoms with Crippen molar-refractivity contribution >= 4 is 60.3 Å². The van der Waals surface area contributed by atoms with Crippen molar-refractivity contribution in [3.05, 3.63) is 83.6 Å². The van der Waals surface area contributed by atoms with E-state index in [1.807, 2.05) is 52.0 Å². The van der Waals surface area contributed by atoms with Crippen molar-refractivity contribution in [2.75, 3.05) is 13.7 Å². The lowest BCUT2D eigenvalue weighted by Gasteiger charge is -2.26. The van der Waals surface area contributed by atoms with Crippen LogP contribution in [0.3, 0.4) is 0 Å². The highest BCUT2D eigenvalue weighted by atomic mass is 35.5. The maximum Gasteiger partial charge on any atom is 0.407 e. The second-order valence-corrected chi connectivity index (χ2v) is 13.9. The van der Waals surface area contributed by atoms with Crippen LogP contribution in [0.4, 0.5) is 13.6 Å². The van der Waals surface area contributed by atoms with E-state index < -0.39 is 24.1 Å². The van der Waals surface area contributed by atoms with Crippen LogP contribution in [0.5, 0.6) is 0 Å². The smallest absolute Gasteiger partial charge is 0.407 e. The molecule has 3 atom stereocenters. The van der Waals surface area contributed by atoms with E-state index in [2.05, 4.69) is 35.6 Å². The fraction of sp³-hybridized carbons (Fsp3) is 0.368. The summed E-state index contributed by atoms with van der Waals surface area (Å²) in [5.74, 6) is -2.49. The number of hydrogen-bond donors (Lipinski definition) is 5. The van der Waals surface area contributed by atoms with Gasteiger partial charge >= 0.3 is 6.09 Å². The fourth-order valence-corrected chi connectivity index (χ4v) is 7.02. The third-order valence-electron chi connectivity index (χ3n) is 9.80. The minimum absolute atomic E-state index is 0. The number of rotatable bonds is 9. The van der Waals surface area contributed by atoms with Gasteiger partial charge in [-0.2, -0.15) is 8.78 Å². The third kappa shape index (κ3) is 7.87. The summed E-state index contributed by atoms with van der Waals surface area (Å²) in [5, 5.41) is 9.03. The first kappa shape index (κ1) is 41.5. The number of benzene rings is 3. The Kier molecular flexibility index (Phi) is 12.9. The molecule has 2 aliphatic rings. The molecule has 5 N–H and O–H groups in total. The Morgan fingerprint density at radius 1 is 0.868 bits per heavy atom. The Hall–Kier alpha value is -4.23. The number of imidazole rings is 2. The normalized spacial score (nSPS) is 16.5. The Labute approximate surface area is 325 Å². The summed E-state index contributed by atoms with van der Waals surface area (Å²) in [4.78, 5) is 41.0. The van der Waals surface area contributed by atoms with E-state index in [9.17, 15) is 9.59 Å². The standard InChI is InChI=1S/C38H41F2N7O3.3ClH/c1-19(2)32(46-36(48)33(20(3)4)47-37(49)50-5)35-42-18-31(45-35)23-9-12-25-24-11-8-21(15-26(24)38(39,40)27(25)16-23)22-10-13-28-30(17-22)44-34(43-28)29-7-6-14-41-29;;;/h8-13,15-20,29,32-33,41H,6-7,14H2,1-5H3,(H,42,45)(H,43,44)(H,46,48)(H,47,49);3*1H/t29-,32-,33-;;;/m0.../s1. The number of aromatic nitrogens is 4. The van der Waals surface area contributed by atoms with E-state index in [-0.39, 0.29) is 72.1 Å². The lowest BCUT2D eigenvalue weighted by molar-refractivity contribution is -0.125. The van der Waals surface area contributed by atoms with E-state index >= 15 is 8.78 Å². The molecule has 10 nitrogen and oxygen atoms in total. The largest absolute Gasteiger partial charge is 0.453 e. The van der Waals surface area contributed by atoms with E-state index in [0.29, 0.717) is 33.8 Å². The Balaban J connectivity index is 0.00000209. The predicted octanol–water partition coefficient (Wildman–Crippen LogP) is 8.62. The van der Waals surface area contributed by atoms with Crippen LogP contribution in [0.2, 0.25) is 0 Å². The molecule has 2 amide bonds. The van der Waals surface area contributed by atoms with Gasteiger partial charge in [0, 0.05) is 16.7 Å². The molecule has 0 radical (unpaired) electrons. The summed E-state index contributed by atoms with van der Waals surface area (Å²) in [5.41, 5.74) is 5.25. The molecule has 1 aliphatic heterocycles. The molecule has 5 aromatic rings. The number of aromatic amines is 2. The number of nitrogens with zero attached hydrogens (tertiary/aromatic N) is 2. The molecule has 7 rings (SSSR count). The van der Waals surface area contributed by atoms with Gasteiger partial charge in [-0.1, -0.05) is 58.0 Å². The highest BCUT2D eigenvalue weighted by Gasteiger charge is 2.45. The van der Waals surface area contributed by atoms with E-state index in [1.165, 1.54) is 13.2 Å². The van der Waals surface area contributed by atoms with Crippen molar-refractivity contribution in [3.63, 3.8) is 0 Å². The first-order valence-corrected chi connectivity index (χ1v) is 17.1. The first-order valence-electron chi connectivity index (χ1n) is 17.1. The van der Waals surface area contributed by atoms with Gasteiger partial charge in [-0.25, -0.2) is 14.8 Å². The van der Waals surface area contributed by atoms with E-state index in [4.69, 9.17) is 4.98 Å². The number of alkyl halides is 2. The molecule has 0 bridgehead atoms. The molecule has 3 heterocycles. The van der Waals surface area contributed by atoms with Crippen molar-refractivity contribution in [1.82, 2.24) is 35.9 Å². The van der Waals surface area contributed by atoms with Crippen LogP contribution in [0.25, 0.3) is 44.5 Å². The minimum Gasteiger partial charge on any atom is -0.453 e. The highest BCUT2D eigenvalue weighted by molar-refractivity contribution is 5.88. The molecule has 3 aromatic carbocycles. The van der Waals surface area contributed by atoms with Gasteiger partial charge in [0.2, 0.25) is 5.91 Å². The molecule has 53 heavy (non-hydrogen) atoms. The van der Waals surface area contributed by atoms with E-state index in [1.54, 1.807) is 30.5 Å². The molecule has 2 aromatic heterocycles. The number of ether oxygens (including phenoxy) is 1. The van der Waals surface area contributed by atoms with Crippen LogP contribution in [-0.4, -0.2) is 51.6 Å². The quantitative estimate of drug-likeness (QED) is 0.101.